The van der Waals surface area contributed by atoms with E-state index in [9.17, 15) is 0 Å². The van der Waals surface area contributed by atoms with Gasteiger partial charge in [-0.25, -0.2) is 15.0 Å². The van der Waals surface area contributed by atoms with Crippen molar-refractivity contribution in [1.29, 1.82) is 0 Å². The first-order valence-electron chi connectivity index (χ1n) is 5.73. The van der Waals surface area contributed by atoms with Crippen LogP contribution in [0.5, 0.6) is 0 Å². The van der Waals surface area contributed by atoms with Crippen LogP contribution in [-0.4, -0.2) is 27.5 Å². The summed E-state index contributed by atoms with van der Waals surface area (Å²) in [5, 5.41) is 6.23. The fourth-order valence-electron chi connectivity index (χ4n) is 1.36. The van der Waals surface area contributed by atoms with E-state index in [1.807, 2.05) is 31.2 Å². The van der Waals surface area contributed by atoms with Crippen LogP contribution in [0, 0.1) is 0 Å². The minimum atomic E-state index is 0.0761. The number of anilines is 3. The topological polar surface area (TPSA) is 88.8 Å². The first kappa shape index (κ1) is 12.3. The molecule has 2 aromatic heterocycles. The van der Waals surface area contributed by atoms with E-state index in [4.69, 9.17) is 5.73 Å². The van der Waals surface area contributed by atoms with E-state index in [0.717, 1.165) is 11.6 Å². The summed E-state index contributed by atoms with van der Waals surface area (Å²) in [6.07, 6.45) is 3.22. The van der Waals surface area contributed by atoms with Crippen LogP contribution in [0.2, 0.25) is 0 Å². The van der Waals surface area contributed by atoms with Gasteiger partial charge in [0.25, 0.3) is 0 Å². The third-order valence-corrected chi connectivity index (χ3v) is 2.19. The Balaban J connectivity index is 2.03. The zero-order valence-corrected chi connectivity index (χ0v) is 10.2. The standard InChI is InChI=1S/C12H16N6/c1-9(13)7-15-11-6-12(17-8-16-11)18-10-4-2-3-5-14-10/h2-6,8-9H,7,13H2,1H3,(H2,14,15,16,17,18). The molecule has 0 aliphatic heterocycles. The highest BCUT2D eigenvalue weighted by atomic mass is 15.1. The van der Waals surface area contributed by atoms with Gasteiger partial charge in [0.15, 0.2) is 0 Å². The summed E-state index contributed by atoms with van der Waals surface area (Å²) in [5.74, 6) is 2.17. The van der Waals surface area contributed by atoms with Crippen molar-refractivity contribution in [2.75, 3.05) is 17.2 Å². The van der Waals surface area contributed by atoms with E-state index < -0.39 is 0 Å². The summed E-state index contributed by atoms with van der Waals surface area (Å²) < 4.78 is 0. The monoisotopic (exact) mass is 244 g/mol. The third kappa shape index (κ3) is 3.67. The van der Waals surface area contributed by atoms with Crippen molar-refractivity contribution in [1.82, 2.24) is 15.0 Å². The lowest BCUT2D eigenvalue weighted by Gasteiger charge is -2.09. The zero-order valence-electron chi connectivity index (χ0n) is 10.2. The van der Waals surface area contributed by atoms with Crippen LogP contribution in [0.4, 0.5) is 17.5 Å². The van der Waals surface area contributed by atoms with E-state index in [1.165, 1.54) is 6.33 Å². The molecule has 0 radical (unpaired) electrons. The molecule has 0 amide bonds. The van der Waals surface area contributed by atoms with Gasteiger partial charge in [-0.05, 0) is 19.1 Å². The number of hydrogen-bond acceptors (Lipinski definition) is 6. The molecule has 4 N–H and O–H groups in total. The molecule has 2 aromatic rings. The number of hydrogen-bond donors (Lipinski definition) is 3. The maximum atomic E-state index is 5.67. The summed E-state index contributed by atoms with van der Waals surface area (Å²) in [7, 11) is 0. The molecular formula is C12H16N6. The fraction of sp³-hybridized carbons (Fsp3) is 0.250. The van der Waals surface area contributed by atoms with Crippen LogP contribution in [0.25, 0.3) is 0 Å². The summed E-state index contributed by atoms with van der Waals surface area (Å²) in [5.41, 5.74) is 5.67. The Labute approximate surface area is 106 Å². The Kier molecular flexibility index (Phi) is 4.03. The molecular weight excluding hydrogens is 228 g/mol. The van der Waals surface area contributed by atoms with Gasteiger partial charge >= 0.3 is 0 Å². The minimum absolute atomic E-state index is 0.0761. The van der Waals surface area contributed by atoms with Gasteiger partial charge in [-0.2, -0.15) is 0 Å². The van der Waals surface area contributed by atoms with Crippen LogP contribution >= 0.6 is 0 Å². The molecule has 0 aliphatic carbocycles. The Hall–Kier alpha value is -2.21. The SMILES string of the molecule is CC(N)CNc1cc(Nc2ccccn2)ncn1. The predicted octanol–water partition coefficient (Wildman–Crippen LogP) is 1.37. The van der Waals surface area contributed by atoms with Gasteiger partial charge in [0.1, 0.15) is 23.8 Å². The lowest BCUT2D eigenvalue weighted by atomic mass is 10.3. The average Bonchev–Trinajstić information content (AvgIpc) is 2.38. The van der Waals surface area contributed by atoms with Crippen molar-refractivity contribution in [2.24, 2.45) is 5.73 Å². The number of nitrogens with zero attached hydrogens (tertiary/aromatic N) is 3. The highest BCUT2D eigenvalue weighted by Gasteiger charge is 2.00. The van der Waals surface area contributed by atoms with Crippen LogP contribution < -0.4 is 16.4 Å². The summed E-state index contributed by atoms with van der Waals surface area (Å²) in [6.45, 7) is 2.60. The number of aromatic nitrogens is 3. The molecule has 94 valence electrons. The molecule has 0 fully saturated rings. The predicted molar refractivity (Wildman–Crippen MR) is 71.7 cm³/mol. The lowest BCUT2D eigenvalue weighted by Crippen LogP contribution is -2.25. The maximum Gasteiger partial charge on any atom is 0.137 e. The van der Waals surface area contributed by atoms with E-state index in [0.29, 0.717) is 12.4 Å². The number of nitrogens with two attached hydrogens (primary N) is 1. The van der Waals surface area contributed by atoms with Crippen molar-refractivity contribution < 1.29 is 0 Å². The highest BCUT2D eigenvalue weighted by Crippen LogP contribution is 2.13. The molecule has 18 heavy (non-hydrogen) atoms. The molecule has 0 aliphatic rings. The lowest BCUT2D eigenvalue weighted by molar-refractivity contribution is 0.777. The molecule has 0 spiro atoms. The molecule has 6 heteroatoms. The van der Waals surface area contributed by atoms with Gasteiger partial charge in [-0.3, -0.25) is 0 Å². The van der Waals surface area contributed by atoms with Gasteiger partial charge in [0.05, 0.1) is 0 Å². The second kappa shape index (κ2) is 5.92. The molecule has 0 saturated heterocycles. The van der Waals surface area contributed by atoms with Gasteiger partial charge in [-0.1, -0.05) is 6.07 Å². The Morgan fingerprint density at radius 1 is 1.17 bits per heavy atom. The first-order chi connectivity index (χ1) is 8.74. The van der Waals surface area contributed by atoms with Crippen LogP contribution in [0.15, 0.2) is 36.8 Å². The molecule has 1 unspecified atom stereocenters. The van der Waals surface area contributed by atoms with E-state index in [-0.39, 0.29) is 6.04 Å². The third-order valence-electron chi connectivity index (χ3n) is 2.19. The fourth-order valence-corrected chi connectivity index (χ4v) is 1.36. The van der Waals surface area contributed by atoms with Crippen LogP contribution in [0.1, 0.15) is 6.92 Å². The van der Waals surface area contributed by atoms with Crippen molar-refractivity contribution in [2.45, 2.75) is 13.0 Å². The molecule has 0 bridgehead atoms. The average molecular weight is 244 g/mol. The molecule has 2 heterocycles. The molecule has 2 rings (SSSR count). The smallest absolute Gasteiger partial charge is 0.137 e. The van der Waals surface area contributed by atoms with E-state index in [2.05, 4.69) is 25.6 Å². The molecule has 0 aromatic carbocycles. The molecule has 0 saturated carbocycles. The quantitative estimate of drug-likeness (QED) is 0.736. The molecule has 1 atom stereocenters. The van der Waals surface area contributed by atoms with Crippen molar-refractivity contribution in [3.8, 4) is 0 Å². The Morgan fingerprint density at radius 2 is 2.00 bits per heavy atom. The van der Waals surface area contributed by atoms with E-state index in [1.54, 1.807) is 6.20 Å². The van der Waals surface area contributed by atoms with Crippen LogP contribution in [-0.2, 0) is 0 Å². The normalized spacial score (nSPS) is 11.9. The first-order valence-corrected chi connectivity index (χ1v) is 5.73. The number of nitrogens with one attached hydrogen (secondary N) is 2. The second-order valence-electron chi connectivity index (χ2n) is 3.99. The highest BCUT2D eigenvalue weighted by molar-refractivity contribution is 5.55. The Bertz CT molecular complexity index is 485. The van der Waals surface area contributed by atoms with Crippen molar-refractivity contribution in [3.05, 3.63) is 36.8 Å². The van der Waals surface area contributed by atoms with E-state index >= 15 is 0 Å². The number of rotatable bonds is 5. The van der Waals surface area contributed by atoms with Crippen molar-refractivity contribution in [3.63, 3.8) is 0 Å². The minimum Gasteiger partial charge on any atom is -0.368 e. The van der Waals surface area contributed by atoms with Gasteiger partial charge in [0.2, 0.25) is 0 Å². The number of pyridine rings is 1. The zero-order chi connectivity index (χ0) is 12.8. The molecule has 6 nitrogen and oxygen atoms in total. The maximum absolute atomic E-state index is 5.67. The van der Waals surface area contributed by atoms with Gasteiger partial charge in [-0.15, -0.1) is 0 Å². The summed E-state index contributed by atoms with van der Waals surface area (Å²) in [6, 6.07) is 7.54. The second-order valence-corrected chi connectivity index (χ2v) is 3.99. The summed E-state index contributed by atoms with van der Waals surface area (Å²) in [4.78, 5) is 12.4. The van der Waals surface area contributed by atoms with Gasteiger partial charge < -0.3 is 16.4 Å². The summed E-state index contributed by atoms with van der Waals surface area (Å²) >= 11 is 0. The Morgan fingerprint density at radius 3 is 2.72 bits per heavy atom. The largest absolute Gasteiger partial charge is 0.368 e. The van der Waals surface area contributed by atoms with Gasteiger partial charge in [0, 0.05) is 24.8 Å². The van der Waals surface area contributed by atoms with Crippen LogP contribution in [0.3, 0.4) is 0 Å². The van der Waals surface area contributed by atoms with Crippen molar-refractivity contribution >= 4 is 17.5 Å².